The molecule has 2 aromatic rings. The van der Waals surface area contributed by atoms with Gasteiger partial charge in [-0.05, 0) is 6.07 Å². The second-order valence-electron chi connectivity index (χ2n) is 3.79. The molecule has 0 aliphatic rings. The monoisotopic (exact) mass is 305 g/mol. The minimum absolute atomic E-state index is 0.0436. The molecule has 0 unspecified atom stereocenters. The van der Waals surface area contributed by atoms with Gasteiger partial charge in [0.25, 0.3) is 5.89 Å². The molecule has 5 nitrogen and oxygen atoms in total. The molecule has 0 saturated carbocycles. The molecule has 1 amide bonds. The summed E-state index contributed by atoms with van der Waals surface area (Å²) in [6, 6.07) is 1.68. The van der Waals surface area contributed by atoms with E-state index in [1.54, 1.807) is 19.9 Å². The molecule has 0 spiro atoms. The Balaban J connectivity index is 2.20. The van der Waals surface area contributed by atoms with Crippen LogP contribution in [-0.2, 0) is 4.79 Å². The van der Waals surface area contributed by atoms with Crippen LogP contribution in [0.1, 0.15) is 13.8 Å². The van der Waals surface area contributed by atoms with Gasteiger partial charge in [-0.25, -0.2) is 0 Å². The van der Waals surface area contributed by atoms with Crippen LogP contribution in [0.4, 0.5) is 6.01 Å². The molecular weight excluding hydrogens is 297 g/mol. The van der Waals surface area contributed by atoms with Crippen LogP contribution in [0.3, 0.4) is 0 Å². The Morgan fingerprint density at radius 3 is 2.72 bits per heavy atom. The number of hydrogen-bond acceptors (Lipinski definition) is 5. The summed E-state index contributed by atoms with van der Waals surface area (Å²) in [6.07, 6.45) is 0. The van der Waals surface area contributed by atoms with Crippen LogP contribution in [0.25, 0.3) is 11.5 Å². The van der Waals surface area contributed by atoms with Gasteiger partial charge in [0.05, 0.1) is 9.90 Å². The number of halogens is 2. The van der Waals surface area contributed by atoms with E-state index in [-0.39, 0.29) is 23.7 Å². The van der Waals surface area contributed by atoms with Gasteiger partial charge in [-0.3, -0.25) is 10.1 Å². The lowest BCUT2D eigenvalue weighted by atomic mass is 10.2. The van der Waals surface area contributed by atoms with Gasteiger partial charge in [0.2, 0.25) is 5.91 Å². The number of carbonyl (C=O) groups is 1. The lowest BCUT2D eigenvalue weighted by Gasteiger charge is -2.01. The SMILES string of the molecule is CC(C)C(=O)Nc1nnc(-c2cc(Cl)sc2Cl)o1. The molecule has 0 atom stereocenters. The Bertz CT molecular complexity index is 579. The highest BCUT2D eigenvalue weighted by Gasteiger charge is 2.17. The van der Waals surface area contributed by atoms with Gasteiger partial charge < -0.3 is 4.42 Å². The number of nitrogens with zero attached hydrogens (tertiary/aromatic N) is 2. The lowest BCUT2D eigenvalue weighted by Crippen LogP contribution is -2.17. The van der Waals surface area contributed by atoms with Crippen LogP contribution in [0.5, 0.6) is 0 Å². The summed E-state index contributed by atoms with van der Waals surface area (Å²) >= 11 is 13.0. The molecular formula is C10H9Cl2N3O2S. The van der Waals surface area contributed by atoms with Crippen LogP contribution in [0.2, 0.25) is 8.67 Å². The van der Waals surface area contributed by atoms with Crippen molar-refractivity contribution >= 4 is 46.5 Å². The minimum Gasteiger partial charge on any atom is -0.403 e. The summed E-state index contributed by atoms with van der Waals surface area (Å²) < 4.78 is 6.29. The third-order valence-corrected chi connectivity index (χ3v) is 3.55. The van der Waals surface area contributed by atoms with E-state index in [4.69, 9.17) is 27.6 Å². The number of rotatable bonds is 3. The highest BCUT2D eigenvalue weighted by Crippen LogP contribution is 2.37. The molecule has 0 fully saturated rings. The summed E-state index contributed by atoms with van der Waals surface area (Å²) in [4.78, 5) is 11.4. The molecule has 0 aliphatic carbocycles. The van der Waals surface area contributed by atoms with Crippen molar-refractivity contribution in [2.75, 3.05) is 5.32 Å². The maximum absolute atomic E-state index is 11.4. The van der Waals surface area contributed by atoms with Crippen molar-refractivity contribution in [2.24, 2.45) is 5.92 Å². The topological polar surface area (TPSA) is 68.0 Å². The first kappa shape index (κ1) is 13.3. The number of nitrogens with one attached hydrogen (secondary N) is 1. The molecule has 0 radical (unpaired) electrons. The zero-order valence-electron chi connectivity index (χ0n) is 9.53. The molecule has 2 aromatic heterocycles. The van der Waals surface area contributed by atoms with Gasteiger partial charge in [-0.15, -0.1) is 16.4 Å². The third-order valence-electron chi connectivity index (χ3n) is 2.07. The van der Waals surface area contributed by atoms with Gasteiger partial charge >= 0.3 is 6.01 Å². The number of aromatic nitrogens is 2. The zero-order valence-corrected chi connectivity index (χ0v) is 11.9. The first-order valence-electron chi connectivity index (χ1n) is 5.07. The highest BCUT2D eigenvalue weighted by atomic mass is 35.5. The average Bonchev–Trinajstić information content (AvgIpc) is 2.85. The highest BCUT2D eigenvalue weighted by molar-refractivity contribution is 7.20. The Hall–Kier alpha value is -1.11. The maximum atomic E-state index is 11.4. The van der Waals surface area contributed by atoms with Crippen LogP contribution in [0, 0.1) is 5.92 Å². The van der Waals surface area contributed by atoms with E-state index < -0.39 is 0 Å². The molecule has 0 bridgehead atoms. The summed E-state index contributed by atoms with van der Waals surface area (Å²) in [5, 5.41) is 10.0. The van der Waals surface area contributed by atoms with Gasteiger partial charge in [0, 0.05) is 5.92 Å². The molecule has 0 aliphatic heterocycles. The van der Waals surface area contributed by atoms with Crippen LogP contribution >= 0.6 is 34.5 Å². The minimum atomic E-state index is -0.195. The van der Waals surface area contributed by atoms with E-state index in [9.17, 15) is 4.79 Å². The molecule has 0 saturated heterocycles. The van der Waals surface area contributed by atoms with Gasteiger partial charge in [0.15, 0.2) is 0 Å². The van der Waals surface area contributed by atoms with Gasteiger partial charge in [-0.2, -0.15) is 0 Å². The van der Waals surface area contributed by atoms with Crippen molar-refractivity contribution in [1.29, 1.82) is 0 Å². The van der Waals surface area contributed by atoms with Crippen LogP contribution in [0.15, 0.2) is 10.5 Å². The number of carbonyl (C=O) groups excluding carboxylic acids is 1. The van der Waals surface area contributed by atoms with E-state index in [0.29, 0.717) is 14.2 Å². The summed E-state index contributed by atoms with van der Waals surface area (Å²) in [6.45, 7) is 3.53. The lowest BCUT2D eigenvalue weighted by molar-refractivity contribution is -0.119. The summed E-state index contributed by atoms with van der Waals surface area (Å²) in [5.74, 6) is -0.138. The summed E-state index contributed by atoms with van der Waals surface area (Å²) in [5.41, 5.74) is 0.559. The van der Waals surface area contributed by atoms with E-state index in [2.05, 4.69) is 15.5 Å². The Morgan fingerprint density at radius 1 is 1.44 bits per heavy atom. The third kappa shape index (κ3) is 2.82. The fraction of sp³-hybridized carbons (Fsp3) is 0.300. The van der Waals surface area contributed by atoms with Crippen LogP contribution < -0.4 is 5.32 Å². The Morgan fingerprint density at radius 2 is 2.17 bits per heavy atom. The van der Waals surface area contributed by atoms with Crippen molar-refractivity contribution in [3.63, 3.8) is 0 Å². The van der Waals surface area contributed by atoms with E-state index in [1.807, 2.05) is 0 Å². The normalized spacial score (nSPS) is 10.9. The number of thiophene rings is 1. The smallest absolute Gasteiger partial charge is 0.322 e. The summed E-state index contributed by atoms with van der Waals surface area (Å²) in [7, 11) is 0. The molecule has 2 heterocycles. The molecule has 0 aromatic carbocycles. The second kappa shape index (κ2) is 5.26. The van der Waals surface area contributed by atoms with Crippen molar-refractivity contribution < 1.29 is 9.21 Å². The van der Waals surface area contributed by atoms with Crippen molar-refractivity contribution in [3.8, 4) is 11.5 Å². The Labute approximate surface area is 117 Å². The van der Waals surface area contributed by atoms with Crippen molar-refractivity contribution in [3.05, 3.63) is 14.7 Å². The maximum Gasteiger partial charge on any atom is 0.322 e. The zero-order chi connectivity index (χ0) is 13.3. The number of anilines is 1. The molecule has 8 heteroatoms. The molecule has 1 N–H and O–H groups in total. The second-order valence-corrected chi connectivity index (χ2v) is 6.08. The van der Waals surface area contributed by atoms with Crippen molar-refractivity contribution in [1.82, 2.24) is 10.2 Å². The standard InChI is InChI=1S/C10H9Cl2N3O2S/c1-4(2)8(16)13-10-15-14-9(17-10)5-3-6(11)18-7(5)12/h3-4H,1-2H3,(H,13,15,16). The number of amides is 1. The Kier molecular flexibility index (Phi) is 3.89. The largest absolute Gasteiger partial charge is 0.403 e. The predicted octanol–water partition coefficient (Wildman–Crippen LogP) is 3.70. The molecule has 2 rings (SSSR count). The van der Waals surface area contributed by atoms with Gasteiger partial charge in [0.1, 0.15) is 4.34 Å². The fourth-order valence-electron chi connectivity index (χ4n) is 1.12. The van der Waals surface area contributed by atoms with E-state index in [1.165, 1.54) is 11.3 Å². The predicted molar refractivity (Wildman–Crippen MR) is 71.1 cm³/mol. The van der Waals surface area contributed by atoms with Crippen molar-refractivity contribution in [2.45, 2.75) is 13.8 Å². The first-order chi connectivity index (χ1) is 8.47. The first-order valence-corrected chi connectivity index (χ1v) is 6.64. The number of hydrogen-bond donors (Lipinski definition) is 1. The average molecular weight is 306 g/mol. The van der Waals surface area contributed by atoms with Gasteiger partial charge in [-0.1, -0.05) is 42.1 Å². The molecule has 18 heavy (non-hydrogen) atoms. The van der Waals surface area contributed by atoms with Crippen LogP contribution in [-0.4, -0.2) is 16.1 Å². The quantitative estimate of drug-likeness (QED) is 0.939. The molecule has 96 valence electrons. The van der Waals surface area contributed by atoms with E-state index in [0.717, 1.165) is 0 Å². The van der Waals surface area contributed by atoms with E-state index >= 15 is 0 Å². The fourth-order valence-corrected chi connectivity index (χ4v) is 2.57.